The first-order valence-electron chi connectivity index (χ1n) is 8.75. The highest BCUT2D eigenvalue weighted by Crippen LogP contribution is 2.16. The van der Waals surface area contributed by atoms with Crippen molar-refractivity contribution in [1.29, 1.82) is 0 Å². The molecular weight excluding hydrogens is 328 g/mol. The number of amides is 2. The molecule has 0 aliphatic carbocycles. The fraction of sp³-hybridized carbons (Fsp3) is 0.333. The van der Waals surface area contributed by atoms with Gasteiger partial charge in [-0.15, -0.1) is 0 Å². The van der Waals surface area contributed by atoms with Gasteiger partial charge >= 0.3 is 0 Å². The van der Waals surface area contributed by atoms with E-state index in [9.17, 15) is 9.59 Å². The van der Waals surface area contributed by atoms with Crippen molar-refractivity contribution in [3.63, 3.8) is 0 Å². The van der Waals surface area contributed by atoms with Crippen LogP contribution < -0.4 is 10.1 Å². The van der Waals surface area contributed by atoms with E-state index in [0.717, 1.165) is 22.6 Å². The molecule has 0 spiro atoms. The second kappa shape index (κ2) is 9.61. The fourth-order valence-electron chi connectivity index (χ4n) is 2.51. The maximum atomic E-state index is 12.2. The highest BCUT2D eigenvalue weighted by atomic mass is 16.5. The minimum Gasteiger partial charge on any atom is -0.493 e. The second-order valence-electron chi connectivity index (χ2n) is 6.32. The molecule has 0 saturated carbocycles. The van der Waals surface area contributed by atoms with Crippen molar-refractivity contribution >= 4 is 17.5 Å². The van der Waals surface area contributed by atoms with Crippen LogP contribution in [-0.4, -0.2) is 36.9 Å². The molecule has 0 aliphatic heterocycles. The third-order valence-corrected chi connectivity index (χ3v) is 4.15. The average molecular weight is 354 g/mol. The van der Waals surface area contributed by atoms with Gasteiger partial charge in [-0.3, -0.25) is 9.59 Å². The molecular formula is C21H26N2O3. The van der Waals surface area contributed by atoms with Crippen molar-refractivity contribution in [3.05, 3.63) is 59.7 Å². The van der Waals surface area contributed by atoms with Gasteiger partial charge in [0.2, 0.25) is 11.8 Å². The average Bonchev–Trinajstić information content (AvgIpc) is 2.61. The zero-order valence-electron chi connectivity index (χ0n) is 15.6. The largest absolute Gasteiger partial charge is 0.493 e. The number of nitrogens with zero attached hydrogens (tertiary/aromatic N) is 1. The smallest absolute Gasteiger partial charge is 0.233 e. The molecule has 0 unspecified atom stereocenters. The summed E-state index contributed by atoms with van der Waals surface area (Å²) in [6, 6.07) is 15.3. The second-order valence-corrected chi connectivity index (χ2v) is 6.32. The Morgan fingerprint density at radius 2 is 1.65 bits per heavy atom. The maximum absolute atomic E-state index is 12.2. The Morgan fingerprint density at radius 3 is 2.35 bits per heavy atom. The van der Waals surface area contributed by atoms with Crippen molar-refractivity contribution in [2.75, 3.05) is 25.5 Å². The summed E-state index contributed by atoms with van der Waals surface area (Å²) >= 11 is 0. The number of rotatable bonds is 8. The molecule has 0 aromatic heterocycles. The maximum Gasteiger partial charge on any atom is 0.233 e. The summed E-state index contributed by atoms with van der Waals surface area (Å²) in [5, 5.41) is 2.78. The number of nitrogens with one attached hydrogen (secondary N) is 1. The molecule has 0 fully saturated rings. The molecule has 26 heavy (non-hydrogen) atoms. The minimum absolute atomic E-state index is 0.163. The Kier molecular flexibility index (Phi) is 7.21. The van der Waals surface area contributed by atoms with E-state index in [1.165, 1.54) is 0 Å². The van der Waals surface area contributed by atoms with E-state index < -0.39 is 0 Å². The van der Waals surface area contributed by atoms with Crippen molar-refractivity contribution in [3.8, 4) is 5.75 Å². The SMILES string of the molecule is Cc1ccccc1NC(=O)CC(=O)N(C)CCCOc1ccccc1C. The van der Waals surface area contributed by atoms with Gasteiger partial charge in [-0.2, -0.15) is 0 Å². The molecule has 2 aromatic rings. The highest BCUT2D eigenvalue weighted by molar-refractivity contribution is 6.03. The predicted octanol–water partition coefficient (Wildman–Crippen LogP) is 3.56. The van der Waals surface area contributed by atoms with E-state index in [-0.39, 0.29) is 18.2 Å². The van der Waals surface area contributed by atoms with E-state index >= 15 is 0 Å². The lowest BCUT2D eigenvalue weighted by Crippen LogP contribution is -2.31. The monoisotopic (exact) mass is 354 g/mol. The quantitative estimate of drug-likeness (QED) is 0.582. The first-order valence-corrected chi connectivity index (χ1v) is 8.75. The van der Waals surface area contributed by atoms with Gasteiger partial charge in [-0.1, -0.05) is 36.4 Å². The van der Waals surface area contributed by atoms with Crippen LogP contribution in [-0.2, 0) is 9.59 Å². The van der Waals surface area contributed by atoms with Crippen LogP contribution in [0.4, 0.5) is 5.69 Å². The number of ether oxygens (including phenoxy) is 1. The van der Waals surface area contributed by atoms with Crippen LogP contribution in [0.15, 0.2) is 48.5 Å². The molecule has 0 bridgehead atoms. The van der Waals surface area contributed by atoms with Crippen molar-refractivity contribution in [2.45, 2.75) is 26.7 Å². The van der Waals surface area contributed by atoms with E-state index in [0.29, 0.717) is 19.6 Å². The Morgan fingerprint density at radius 1 is 1.00 bits per heavy atom. The summed E-state index contributed by atoms with van der Waals surface area (Å²) in [6.07, 6.45) is 0.541. The van der Waals surface area contributed by atoms with Crippen LogP contribution in [0.1, 0.15) is 24.0 Å². The molecule has 5 heteroatoms. The summed E-state index contributed by atoms with van der Waals surface area (Å²) < 4.78 is 5.72. The summed E-state index contributed by atoms with van der Waals surface area (Å²) in [7, 11) is 1.71. The molecule has 2 amide bonds. The molecule has 138 valence electrons. The van der Waals surface area contributed by atoms with Gasteiger partial charge in [0, 0.05) is 19.3 Å². The Balaban J connectivity index is 1.71. The lowest BCUT2D eigenvalue weighted by molar-refractivity contribution is -0.133. The van der Waals surface area contributed by atoms with Gasteiger partial charge < -0.3 is 15.0 Å². The Labute approximate surface area is 155 Å². The van der Waals surface area contributed by atoms with Gasteiger partial charge in [-0.25, -0.2) is 0 Å². The van der Waals surface area contributed by atoms with Gasteiger partial charge in [0.05, 0.1) is 6.61 Å². The topological polar surface area (TPSA) is 58.6 Å². The third kappa shape index (κ3) is 5.92. The lowest BCUT2D eigenvalue weighted by Gasteiger charge is -2.17. The predicted molar refractivity (Wildman–Crippen MR) is 103 cm³/mol. The number of anilines is 1. The van der Waals surface area contributed by atoms with Gasteiger partial charge in [0.25, 0.3) is 0 Å². The van der Waals surface area contributed by atoms with Gasteiger partial charge in [0.1, 0.15) is 12.2 Å². The van der Waals surface area contributed by atoms with Gasteiger partial charge in [-0.05, 0) is 43.5 Å². The third-order valence-electron chi connectivity index (χ3n) is 4.15. The number of aryl methyl sites for hydroxylation is 2. The molecule has 5 nitrogen and oxygen atoms in total. The number of benzene rings is 2. The Hall–Kier alpha value is -2.82. The van der Waals surface area contributed by atoms with E-state index in [4.69, 9.17) is 4.74 Å². The van der Waals surface area contributed by atoms with Crippen molar-refractivity contribution in [2.24, 2.45) is 0 Å². The summed E-state index contributed by atoms with van der Waals surface area (Å²) in [6.45, 7) is 4.98. The minimum atomic E-state index is -0.299. The molecule has 0 saturated heterocycles. The Bertz CT molecular complexity index is 758. The molecule has 1 N–H and O–H groups in total. The first kappa shape index (κ1) is 19.5. The van der Waals surface area contributed by atoms with Crippen molar-refractivity contribution in [1.82, 2.24) is 4.90 Å². The molecule has 2 rings (SSSR count). The van der Waals surface area contributed by atoms with Crippen LogP contribution >= 0.6 is 0 Å². The van der Waals surface area contributed by atoms with E-state index in [1.807, 2.05) is 62.4 Å². The van der Waals surface area contributed by atoms with Crippen LogP contribution in [0.5, 0.6) is 5.75 Å². The summed E-state index contributed by atoms with van der Waals surface area (Å²) in [5.41, 5.74) is 2.79. The zero-order valence-corrected chi connectivity index (χ0v) is 15.6. The standard InChI is InChI=1S/C21H26N2O3/c1-16-9-4-6-11-18(16)22-20(24)15-21(25)23(3)13-8-14-26-19-12-7-5-10-17(19)2/h4-7,9-12H,8,13-15H2,1-3H3,(H,22,24). The van der Waals surface area contributed by atoms with Crippen LogP contribution in [0.25, 0.3) is 0 Å². The number of para-hydroxylation sites is 2. The number of carbonyl (C=O) groups excluding carboxylic acids is 2. The molecule has 0 heterocycles. The first-order chi connectivity index (χ1) is 12.5. The fourth-order valence-corrected chi connectivity index (χ4v) is 2.51. The van der Waals surface area contributed by atoms with Crippen LogP contribution in [0.3, 0.4) is 0 Å². The van der Waals surface area contributed by atoms with E-state index in [1.54, 1.807) is 11.9 Å². The van der Waals surface area contributed by atoms with Gasteiger partial charge in [0.15, 0.2) is 0 Å². The molecule has 2 aromatic carbocycles. The summed E-state index contributed by atoms with van der Waals surface area (Å²) in [4.78, 5) is 25.8. The molecule has 0 aliphatic rings. The van der Waals surface area contributed by atoms with Crippen LogP contribution in [0.2, 0.25) is 0 Å². The number of hydrogen-bond acceptors (Lipinski definition) is 3. The number of carbonyl (C=O) groups is 2. The van der Waals surface area contributed by atoms with Crippen LogP contribution in [0, 0.1) is 13.8 Å². The van der Waals surface area contributed by atoms with Crippen molar-refractivity contribution < 1.29 is 14.3 Å². The zero-order chi connectivity index (χ0) is 18.9. The summed E-state index contributed by atoms with van der Waals surface area (Å²) in [5.74, 6) is 0.360. The highest BCUT2D eigenvalue weighted by Gasteiger charge is 2.14. The molecule has 0 atom stereocenters. The molecule has 0 radical (unpaired) electrons. The lowest BCUT2D eigenvalue weighted by atomic mass is 10.2. The number of hydrogen-bond donors (Lipinski definition) is 1. The normalized spacial score (nSPS) is 10.3. The van der Waals surface area contributed by atoms with E-state index in [2.05, 4.69) is 5.32 Å².